The van der Waals surface area contributed by atoms with Crippen molar-refractivity contribution in [2.45, 2.75) is 83.0 Å². The summed E-state index contributed by atoms with van der Waals surface area (Å²) in [6.45, 7) is 2.93. The maximum Gasteiger partial charge on any atom is 0.195 e. The van der Waals surface area contributed by atoms with Crippen molar-refractivity contribution < 1.29 is 18.9 Å². The first-order valence-electron chi connectivity index (χ1n) is 10.3. The van der Waals surface area contributed by atoms with E-state index in [4.69, 9.17) is 18.9 Å². The highest BCUT2D eigenvalue weighted by atomic mass is 16.7. The maximum atomic E-state index is 6.33. The summed E-state index contributed by atoms with van der Waals surface area (Å²) in [6.07, 6.45) is 12.3. The average Bonchev–Trinajstić information content (AvgIpc) is 3.01. The van der Waals surface area contributed by atoms with E-state index in [2.05, 4.69) is 13.0 Å². The molecule has 4 heteroatoms. The van der Waals surface area contributed by atoms with E-state index in [-0.39, 0.29) is 6.10 Å². The van der Waals surface area contributed by atoms with Gasteiger partial charge in [0.05, 0.1) is 26.9 Å². The second-order valence-electron chi connectivity index (χ2n) is 7.56. The lowest BCUT2D eigenvalue weighted by molar-refractivity contribution is -0.189. The van der Waals surface area contributed by atoms with Crippen LogP contribution in [0.25, 0.3) is 0 Å². The van der Waals surface area contributed by atoms with Gasteiger partial charge in [-0.05, 0) is 18.6 Å². The molecule has 0 aromatic heterocycles. The third-order valence-electron chi connectivity index (χ3n) is 5.71. The number of benzene rings is 1. The van der Waals surface area contributed by atoms with Crippen LogP contribution in [0.5, 0.6) is 11.5 Å². The number of hydrogen-bond donors (Lipinski definition) is 0. The maximum absolute atomic E-state index is 6.33. The molecule has 1 saturated heterocycles. The van der Waals surface area contributed by atoms with E-state index in [1.54, 1.807) is 14.2 Å². The number of ether oxygens (including phenoxy) is 4. The van der Waals surface area contributed by atoms with Gasteiger partial charge >= 0.3 is 0 Å². The minimum absolute atomic E-state index is 0.123. The summed E-state index contributed by atoms with van der Waals surface area (Å²) in [7, 11) is 3.40. The Balaban J connectivity index is 1.62. The van der Waals surface area contributed by atoms with Crippen molar-refractivity contribution >= 4 is 0 Å². The fourth-order valence-corrected chi connectivity index (χ4v) is 4.34. The van der Waals surface area contributed by atoms with Gasteiger partial charge in [0, 0.05) is 24.0 Å². The zero-order valence-electron chi connectivity index (χ0n) is 16.6. The molecule has 2 aliphatic rings. The smallest absolute Gasteiger partial charge is 0.195 e. The SMILES string of the molecule is CCCCCCCCCCC12OCC(Cc3c1ccc(OC)c3OC)O2. The number of hydrogen-bond acceptors (Lipinski definition) is 4. The first-order chi connectivity index (χ1) is 12.7. The van der Waals surface area contributed by atoms with E-state index in [9.17, 15) is 0 Å². The summed E-state index contributed by atoms with van der Waals surface area (Å²) >= 11 is 0. The van der Waals surface area contributed by atoms with Gasteiger partial charge in [-0.1, -0.05) is 51.9 Å². The number of fused-ring (bicyclic) bond motifs is 4. The molecule has 2 bridgehead atoms. The Hall–Kier alpha value is -1.26. The molecule has 4 nitrogen and oxygen atoms in total. The topological polar surface area (TPSA) is 36.9 Å². The minimum Gasteiger partial charge on any atom is -0.493 e. The van der Waals surface area contributed by atoms with Crippen LogP contribution in [-0.4, -0.2) is 26.9 Å². The van der Waals surface area contributed by atoms with Crippen molar-refractivity contribution in [1.29, 1.82) is 0 Å². The molecular formula is C22H34O4. The second-order valence-corrected chi connectivity index (χ2v) is 7.56. The molecular weight excluding hydrogens is 328 g/mol. The third-order valence-corrected chi connectivity index (χ3v) is 5.71. The highest BCUT2D eigenvalue weighted by molar-refractivity contribution is 5.53. The van der Waals surface area contributed by atoms with Gasteiger partial charge in [0.15, 0.2) is 17.3 Å². The predicted molar refractivity (Wildman–Crippen MR) is 103 cm³/mol. The Labute approximate surface area is 158 Å². The lowest BCUT2D eigenvalue weighted by atomic mass is 9.89. The Morgan fingerprint density at radius 2 is 1.73 bits per heavy atom. The first-order valence-corrected chi connectivity index (χ1v) is 10.3. The van der Waals surface area contributed by atoms with Gasteiger partial charge in [-0.15, -0.1) is 0 Å². The molecule has 0 saturated carbocycles. The average molecular weight is 363 g/mol. The van der Waals surface area contributed by atoms with Gasteiger partial charge in [0.1, 0.15) is 0 Å². The van der Waals surface area contributed by atoms with Crippen LogP contribution in [0.4, 0.5) is 0 Å². The lowest BCUT2D eigenvalue weighted by Crippen LogP contribution is -2.34. The molecule has 2 aliphatic heterocycles. The normalized spacial score (nSPS) is 23.7. The van der Waals surface area contributed by atoms with Crippen LogP contribution in [0.1, 0.15) is 75.8 Å². The highest BCUT2D eigenvalue weighted by Gasteiger charge is 2.49. The van der Waals surface area contributed by atoms with Crippen LogP contribution in [0.2, 0.25) is 0 Å². The molecule has 3 rings (SSSR count). The molecule has 0 N–H and O–H groups in total. The first kappa shape index (κ1) is 19.5. The second kappa shape index (κ2) is 9.09. The fraction of sp³-hybridized carbons (Fsp3) is 0.727. The highest BCUT2D eigenvalue weighted by Crippen LogP contribution is 2.49. The van der Waals surface area contributed by atoms with Gasteiger partial charge in [0.2, 0.25) is 0 Å². The Kier molecular flexibility index (Phi) is 6.82. The van der Waals surface area contributed by atoms with E-state index in [0.717, 1.165) is 36.3 Å². The number of methoxy groups -OCH3 is 2. The van der Waals surface area contributed by atoms with E-state index in [0.29, 0.717) is 6.61 Å². The molecule has 2 atom stereocenters. The van der Waals surface area contributed by atoms with Gasteiger partial charge in [-0.2, -0.15) is 0 Å². The fourth-order valence-electron chi connectivity index (χ4n) is 4.34. The Bertz CT molecular complexity index is 586. The van der Waals surface area contributed by atoms with Crippen molar-refractivity contribution in [1.82, 2.24) is 0 Å². The summed E-state index contributed by atoms with van der Waals surface area (Å²) < 4.78 is 23.7. The van der Waals surface area contributed by atoms with Crippen molar-refractivity contribution in [2.24, 2.45) is 0 Å². The zero-order valence-corrected chi connectivity index (χ0v) is 16.6. The third kappa shape index (κ3) is 4.01. The quantitative estimate of drug-likeness (QED) is 0.497. The van der Waals surface area contributed by atoms with Gasteiger partial charge in [-0.25, -0.2) is 0 Å². The van der Waals surface area contributed by atoms with E-state index < -0.39 is 5.79 Å². The molecule has 1 fully saturated rings. The van der Waals surface area contributed by atoms with Crippen molar-refractivity contribution in [3.05, 3.63) is 23.3 Å². The molecule has 26 heavy (non-hydrogen) atoms. The summed E-state index contributed by atoms with van der Waals surface area (Å²) in [6, 6.07) is 4.07. The summed E-state index contributed by atoms with van der Waals surface area (Å²) in [5, 5.41) is 0. The number of unbranched alkanes of at least 4 members (excludes halogenated alkanes) is 7. The van der Waals surface area contributed by atoms with E-state index in [1.165, 1.54) is 50.5 Å². The van der Waals surface area contributed by atoms with E-state index in [1.807, 2.05) is 6.07 Å². The molecule has 2 unspecified atom stereocenters. The van der Waals surface area contributed by atoms with Gasteiger partial charge in [0.25, 0.3) is 0 Å². The van der Waals surface area contributed by atoms with Crippen LogP contribution in [-0.2, 0) is 21.7 Å². The predicted octanol–water partition coefficient (Wildman–Crippen LogP) is 5.36. The largest absolute Gasteiger partial charge is 0.493 e. The van der Waals surface area contributed by atoms with Crippen LogP contribution in [0, 0.1) is 0 Å². The van der Waals surface area contributed by atoms with Crippen molar-refractivity contribution in [3.63, 3.8) is 0 Å². The minimum atomic E-state index is -0.583. The Morgan fingerprint density at radius 1 is 1.00 bits per heavy atom. The van der Waals surface area contributed by atoms with Gasteiger partial charge < -0.3 is 18.9 Å². The van der Waals surface area contributed by atoms with Crippen molar-refractivity contribution in [2.75, 3.05) is 20.8 Å². The lowest BCUT2D eigenvalue weighted by Gasteiger charge is -2.35. The van der Waals surface area contributed by atoms with Crippen LogP contribution in [0.15, 0.2) is 12.1 Å². The summed E-state index contributed by atoms with van der Waals surface area (Å²) in [5.74, 6) is 1.04. The number of rotatable bonds is 11. The van der Waals surface area contributed by atoms with Gasteiger partial charge in [-0.3, -0.25) is 0 Å². The summed E-state index contributed by atoms with van der Waals surface area (Å²) in [5.41, 5.74) is 2.33. The molecule has 1 aromatic carbocycles. The van der Waals surface area contributed by atoms with Crippen LogP contribution < -0.4 is 9.47 Å². The monoisotopic (exact) mass is 362 g/mol. The molecule has 0 spiro atoms. The molecule has 0 radical (unpaired) electrons. The standard InChI is InChI=1S/C22H34O4/c1-4-5-6-7-8-9-10-11-14-22-19-12-13-20(23-2)21(24-3)18(19)15-17(26-22)16-25-22/h12-13,17H,4-11,14-16H2,1-3H3. The van der Waals surface area contributed by atoms with Crippen molar-refractivity contribution in [3.8, 4) is 11.5 Å². The Morgan fingerprint density at radius 3 is 2.42 bits per heavy atom. The van der Waals surface area contributed by atoms with Crippen LogP contribution >= 0.6 is 0 Å². The zero-order chi connectivity index (χ0) is 18.4. The van der Waals surface area contributed by atoms with E-state index >= 15 is 0 Å². The molecule has 0 amide bonds. The van der Waals surface area contributed by atoms with Crippen LogP contribution in [0.3, 0.4) is 0 Å². The molecule has 0 aliphatic carbocycles. The molecule has 2 heterocycles. The summed E-state index contributed by atoms with van der Waals surface area (Å²) in [4.78, 5) is 0. The molecule has 1 aromatic rings. The molecule has 146 valence electrons.